The van der Waals surface area contributed by atoms with Gasteiger partial charge in [0.15, 0.2) is 11.6 Å². The van der Waals surface area contributed by atoms with Crippen molar-refractivity contribution in [1.82, 2.24) is 4.90 Å². The first kappa shape index (κ1) is 16.1. The number of halogens is 2. The molecule has 5 heteroatoms. The maximum absolute atomic E-state index is 13.8. The van der Waals surface area contributed by atoms with Gasteiger partial charge in [-0.2, -0.15) is 0 Å². The number of hydrogen-bond acceptors (Lipinski definition) is 2. The summed E-state index contributed by atoms with van der Waals surface area (Å²) in [5, 5.41) is 9.23. The fraction of sp³-hybridized carbons (Fsp3) is 0.235. The van der Waals surface area contributed by atoms with Crippen LogP contribution in [0.5, 0.6) is 0 Å². The molecule has 0 spiro atoms. The van der Waals surface area contributed by atoms with E-state index in [0.717, 1.165) is 11.6 Å². The molecule has 2 rings (SSSR count). The maximum Gasteiger partial charge on any atom is 0.257 e. The van der Waals surface area contributed by atoms with E-state index in [1.807, 2.05) is 30.3 Å². The number of hydrogen-bond donors (Lipinski definition) is 1. The smallest absolute Gasteiger partial charge is 0.257 e. The Labute approximate surface area is 127 Å². The van der Waals surface area contributed by atoms with Crippen LogP contribution < -0.4 is 0 Å². The molecule has 0 heterocycles. The van der Waals surface area contributed by atoms with E-state index in [1.54, 1.807) is 0 Å². The molecule has 1 atom stereocenters. The van der Waals surface area contributed by atoms with Crippen LogP contribution >= 0.6 is 0 Å². The second kappa shape index (κ2) is 7.13. The Hall–Kier alpha value is -2.27. The second-order valence-electron chi connectivity index (χ2n) is 4.96. The molecule has 22 heavy (non-hydrogen) atoms. The highest BCUT2D eigenvalue weighted by atomic mass is 19.2. The molecule has 1 amide bonds. The third-order valence-electron chi connectivity index (χ3n) is 3.56. The van der Waals surface area contributed by atoms with Gasteiger partial charge < -0.3 is 10.0 Å². The second-order valence-corrected chi connectivity index (χ2v) is 4.96. The predicted octanol–water partition coefficient (Wildman–Crippen LogP) is 3.16. The number of amides is 1. The monoisotopic (exact) mass is 305 g/mol. The molecule has 2 aromatic carbocycles. The van der Waals surface area contributed by atoms with E-state index in [-0.39, 0.29) is 12.2 Å². The number of benzene rings is 2. The Morgan fingerprint density at radius 2 is 1.82 bits per heavy atom. The van der Waals surface area contributed by atoms with Gasteiger partial charge in [-0.05, 0) is 24.1 Å². The van der Waals surface area contributed by atoms with Gasteiger partial charge in [-0.15, -0.1) is 0 Å². The molecule has 1 unspecified atom stereocenters. The lowest BCUT2D eigenvalue weighted by Gasteiger charge is -2.28. The van der Waals surface area contributed by atoms with Gasteiger partial charge in [0.05, 0.1) is 11.6 Å². The first-order chi connectivity index (χ1) is 10.6. The summed E-state index contributed by atoms with van der Waals surface area (Å²) >= 11 is 0. The van der Waals surface area contributed by atoms with Crippen molar-refractivity contribution in [2.24, 2.45) is 0 Å². The quantitative estimate of drug-likeness (QED) is 0.922. The summed E-state index contributed by atoms with van der Waals surface area (Å²) in [5.74, 6) is -2.84. The van der Waals surface area contributed by atoms with Gasteiger partial charge in [0, 0.05) is 13.7 Å². The molecule has 0 radical (unpaired) electrons. The van der Waals surface area contributed by atoms with Gasteiger partial charge in [0.1, 0.15) is 0 Å². The minimum absolute atomic E-state index is 0.122. The summed E-state index contributed by atoms with van der Waals surface area (Å²) in [7, 11) is 1.51. The van der Waals surface area contributed by atoms with Crippen LogP contribution in [0.2, 0.25) is 0 Å². The Morgan fingerprint density at radius 3 is 2.45 bits per heavy atom. The number of rotatable bonds is 5. The van der Waals surface area contributed by atoms with Gasteiger partial charge in [-0.25, -0.2) is 8.78 Å². The number of nitrogens with zero attached hydrogens (tertiary/aromatic N) is 1. The largest absolute Gasteiger partial charge is 0.396 e. The van der Waals surface area contributed by atoms with Crippen LogP contribution in [0.4, 0.5) is 8.78 Å². The molecule has 0 fully saturated rings. The predicted molar refractivity (Wildman–Crippen MR) is 79.3 cm³/mol. The van der Waals surface area contributed by atoms with E-state index in [0.29, 0.717) is 6.42 Å². The molecular weight excluding hydrogens is 288 g/mol. The van der Waals surface area contributed by atoms with Gasteiger partial charge in [-0.1, -0.05) is 36.4 Å². The third kappa shape index (κ3) is 3.31. The third-order valence-corrected chi connectivity index (χ3v) is 3.56. The Balaban J connectivity index is 2.32. The lowest BCUT2D eigenvalue weighted by atomic mass is 10.0. The van der Waals surface area contributed by atoms with Crippen LogP contribution in [0.1, 0.15) is 28.4 Å². The molecule has 3 nitrogen and oxygen atoms in total. The molecule has 0 aliphatic heterocycles. The SMILES string of the molecule is CN(C(=O)c1cccc(F)c1F)C(CCO)c1ccccc1. The van der Waals surface area contributed by atoms with Crippen LogP contribution in [-0.2, 0) is 0 Å². The summed E-state index contributed by atoms with van der Waals surface area (Å²) in [6.45, 7) is -0.122. The van der Waals surface area contributed by atoms with Crippen LogP contribution in [-0.4, -0.2) is 29.6 Å². The highest BCUT2D eigenvalue weighted by Gasteiger charge is 2.25. The van der Waals surface area contributed by atoms with E-state index in [1.165, 1.54) is 24.1 Å². The van der Waals surface area contributed by atoms with Crippen LogP contribution in [0.15, 0.2) is 48.5 Å². The number of aliphatic hydroxyl groups is 1. The van der Waals surface area contributed by atoms with Crippen molar-refractivity contribution in [1.29, 1.82) is 0 Å². The lowest BCUT2D eigenvalue weighted by Crippen LogP contribution is -2.32. The first-order valence-corrected chi connectivity index (χ1v) is 6.93. The Kier molecular flexibility index (Phi) is 5.22. The molecular formula is C17H17F2NO2. The molecule has 0 aromatic heterocycles. The standard InChI is InChI=1S/C17H17F2NO2/c1-20(15(10-11-21)12-6-3-2-4-7-12)17(22)13-8-5-9-14(18)16(13)19/h2-9,15,21H,10-11H2,1H3. The van der Waals surface area contributed by atoms with Gasteiger partial charge in [0.2, 0.25) is 0 Å². The molecule has 0 aliphatic carbocycles. The maximum atomic E-state index is 13.8. The van der Waals surface area contributed by atoms with Gasteiger partial charge in [-0.3, -0.25) is 4.79 Å². The lowest BCUT2D eigenvalue weighted by molar-refractivity contribution is 0.0699. The molecule has 0 saturated carbocycles. The van der Waals surface area contributed by atoms with Crippen molar-refractivity contribution >= 4 is 5.91 Å². The Morgan fingerprint density at radius 1 is 1.14 bits per heavy atom. The Bertz CT molecular complexity index is 646. The van der Waals surface area contributed by atoms with E-state index in [2.05, 4.69) is 0 Å². The van der Waals surface area contributed by atoms with Crippen LogP contribution in [0.25, 0.3) is 0 Å². The molecule has 0 aliphatic rings. The summed E-state index contributed by atoms with van der Waals surface area (Å²) in [5.41, 5.74) is 0.505. The van der Waals surface area contributed by atoms with E-state index in [9.17, 15) is 18.7 Å². The zero-order chi connectivity index (χ0) is 16.1. The van der Waals surface area contributed by atoms with E-state index < -0.39 is 23.6 Å². The van der Waals surface area contributed by atoms with Crippen molar-refractivity contribution < 1.29 is 18.7 Å². The normalized spacial score (nSPS) is 12.0. The number of carbonyl (C=O) groups excluding carboxylic acids is 1. The van der Waals surface area contributed by atoms with Gasteiger partial charge in [0.25, 0.3) is 5.91 Å². The van der Waals surface area contributed by atoms with Crippen LogP contribution in [0.3, 0.4) is 0 Å². The average Bonchev–Trinajstić information content (AvgIpc) is 2.55. The highest BCUT2D eigenvalue weighted by Crippen LogP contribution is 2.25. The van der Waals surface area contributed by atoms with Gasteiger partial charge >= 0.3 is 0 Å². The summed E-state index contributed by atoms with van der Waals surface area (Å²) in [6.07, 6.45) is 0.309. The number of carbonyl (C=O) groups is 1. The minimum Gasteiger partial charge on any atom is -0.396 e. The topological polar surface area (TPSA) is 40.5 Å². The average molecular weight is 305 g/mol. The summed E-state index contributed by atoms with van der Waals surface area (Å²) in [6, 6.07) is 12.2. The minimum atomic E-state index is -1.16. The number of aliphatic hydroxyl groups excluding tert-OH is 1. The zero-order valence-electron chi connectivity index (χ0n) is 12.2. The highest BCUT2D eigenvalue weighted by molar-refractivity contribution is 5.94. The summed E-state index contributed by atoms with van der Waals surface area (Å²) in [4.78, 5) is 13.8. The molecule has 1 N–H and O–H groups in total. The molecule has 0 bridgehead atoms. The molecule has 116 valence electrons. The van der Waals surface area contributed by atoms with Crippen molar-refractivity contribution in [3.8, 4) is 0 Å². The molecule has 0 saturated heterocycles. The van der Waals surface area contributed by atoms with Crippen molar-refractivity contribution in [3.05, 3.63) is 71.3 Å². The van der Waals surface area contributed by atoms with E-state index in [4.69, 9.17) is 0 Å². The first-order valence-electron chi connectivity index (χ1n) is 6.93. The van der Waals surface area contributed by atoms with Crippen LogP contribution in [0, 0.1) is 11.6 Å². The van der Waals surface area contributed by atoms with Crippen molar-refractivity contribution in [2.45, 2.75) is 12.5 Å². The van der Waals surface area contributed by atoms with Crippen molar-refractivity contribution in [3.63, 3.8) is 0 Å². The fourth-order valence-corrected chi connectivity index (χ4v) is 2.38. The fourth-order valence-electron chi connectivity index (χ4n) is 2.38. The van der Waals surface area contributed by atoms with E-state index >= 15 is 0 Å². The van der Waals surface area contributed by atoms with Crippen molar-refractivity contribution in [2.75, 3.05) is 13.7 Å². The molecule has 2 aromatic rings. The summed E-state index contributed by atoms with van der Waals surface area (Å²) < 4.78 is 27.1. The zero-order valence-corrected chi connectivity index (χ0v) is 12.2.